The number of carbonyl (C=O) groups excluding carboxylic acids is 1. The smallest absolute Gasteiger partial charge is 0.306 e. The highest BCUT2D eigenvalue weighted by atomic mass is 32.1. The summed E-state index contributed by atoms with van der Waals surface area (Å²) in [4.78, 5) is 13.4. The van der Waals surface area contributed by atoms with Crippen LogP contribution in [0.4, 0.5) is 0 Å². The minimum atomic E-state index is -0.195. The molecule has 0 aromatic heterocycles. The van der Waals surface area contributed by atoms with Gasteiger partial charge in [-0.15, -0.1) is 0 Å². The molecule has 0 aliphatic carbocycles. The molecule has 0 spiro atoms. The van der Waals surface area contributed by atoms with E-state index in [0.29, 0.717) is 24.4 Å². The van der Waals surface area contributed by atoms with Gasteiger partial charge in [-0.3, -0.25) is 4.79 Å². The number of nitrogens with two attached hydrogens (primary N) is 1. The second kappa shape index (κ2) is 6.73. The SMILES string of the molecule is COC(=O)CCN(C)C(C)CC(N)=S. The summed E-state index contributed by atoms with van der Waals surface area (Å²) in [6.07, 6.45) is 1.07. The lowest BCUT2D eigenvalue weighted by Gasteiger charge is -2.23. The lowest BCUT2D eigenvalue weighted by molar-refractivity contribution is -0.141. The molecular weight excluding hydrogens is 200 g/mol. The summed E-state index contributed by atoms with van der Waals surface area (Å²) in [5.74, 6) is -0.195. The van der Waals surface area contributed by atoms with E-state index in [2.05, 4.69) is 4.74 Å². The topological polar surface area (TPSA) is 55.6 Å². The first kappa shape index (κ1) is 13.3. The molecule has 0 aliphatic rings. The lowest BCUT2D eigenvalue weighted by Crippen LogP contribution is -2.34. The molecule has 14 heavy (non-hydrogen) atoms. The van der Waals surface area contributed by atoms with Gasteiger partial charge in [-0.05, 0) is 14.0 Å². The molecule has 0 radical (unpaired) electrons. The Kier molecular flexibility index (Phi) is 6.40. The first-order chi connectivity index (χ1) is 6.47. The van der Waals surface area contributed by atoms with Gasteiger partial charge in [-0.25, -0.2) is 0 Å². The van der Waals surface area contributed by atoms with Gasteiger partial charge in [0.15, 0.2) is 0 Å². The number of hydrogen-bond donors (Lipinski definition) is 1. The van der Waals surface area contributed by atoms with Crippen LogP contribution in [0.3, 0.4) is 0 Å². The fraction of sp³-hybridized carbons (Fsp3) is 0.778. The molecule has 0 rings (SSSR count). The van der Waals surface area contributed by atoms with Crippen molar-refractivity contribution in [3.8, 4) is 0 Å². The summed E-state index contributed by atoms with van der Waals surface area (Å²) in [5, 5.41) is 0. The minimum absolute atomic E-state index is 0.195. The van der Waals surface area contributed by atoms with Crippen molar-refractivity contribution in [3.63, 3.8) is 0 Å². The average molecular weight is 218 g/mol. The van der Waals surface area contributed by atoms with Crippen LogP contribution in [-0.4, -0.2) is 42.6 Å². The molecule has 0 fully saturated rings. The van der Waals surface area contributed by atoms with Gasteiger partial charge in [0.1, 0.15) is 0 Å². The zero-order chi connectivity index (χ0) is 11.1. The van der Waals surface area contributed by atoms with Crippen LogP contribution < -0.4 is 5.73 Å². The fourth-order valence-electron chi connectivity index (χ4n) is 1.04. The molecule has 0 saturated heterocycles. The average Bonchev–Trinajstić information content (AvgIpc) is 2.12. The highest BCUT2D eigenvalue weighted by Gasteiger charge is 2.11. The number of carbonyl (C=O) groups is 1. The number of methoxy groups -OCH3 is 1. The molecule has 2 N–H and O–H groups in total. The van der Waals surface area contributed by atoms with E-state index in [1.54, 1.807) is 0 Å². The van der Waals surface area contributed by atoms with E-state index in [1.807, 2.05) is 18.9 Å². The Labute approximate surface area is 90.4 Å². The molecule has 0 heterocycles. The highest BCUT2D eigenvalue weighted by Crippen LogP contribution is 2.02. The van der Waals surface area contributed by atoms with Crippen molar-refractivity contribution in [3.05, 3.63) is 0 Å². The molecule has 82 valence electrons. The van der Waals surface area contributed by atoms with Gasteiger partial charge in [0.25, 0.3) is 0 Å². The van der Waals surface area contributed by atoms with Gasteiger partial charge in [-0.2, -0.15) is 0 Å². The lowest BCUT2D eigenvalue weighted by atomic mass is 10.2. The van der Waals surface area contributed by atoms with Crippen molar-refractivity contribution in [2.45, 2.75) is 25.8 Å². The largest absolute Gasteiger partial charge is 0.469 e. The molecule has 0 bridgehead atoms. The van der Waals surface area contributed by atoms with Crippen molar-refractivity contribution in [2.24, 2.45) is 5.73 Å². The zero-order valence-corrected chi connectivity index (χ0v) is 9.76. The van der Waals surface area contributed by atoms with E-state index in [9.17, 15) is 4.79 Å². The summed E-state index contributed by atoms with van der Waals surface area (Å²) in [5.41, 5.74) is 5.43. The van der Waals surface area contributed by atoms with Crippen molar-refractivity contribution in [1.82, 2.24) is 4.90 Å². The second-order valence-electron chi connectivity index (χ2n) is 3.33. The number of rotatable bonds is 6. The summed E-state index contributed by atoms with van der Waals surface area (Å²) in [7, 11) is 3.33. The maximum atomic E-state index is 10.9. The van der Waals surface area contributed by atoms with Gasteiger partial charge >= 0.3 is 5.97 Å². The minimum Gasteiger partial charge on any atom is -0.469 e. The quantitative estimate of drug-likeness (QED) is 0.521. The molecule has 1 unspecified atom stereocenters. The van der Waals surface area contributed by atoms with Gasteiger partial charge in [0, 0.05) is 19.0 Å². The van der Waals surface area contributed by atoms with E-state index in [-0.39, 0.29) is 12.0 Å². The Balaban J connectivity index is 3.77. The Morgan fingerprint density at radius 3 is 2.64 bits per heavy atom. The Hall–Kier alpha value is -0.680. The summed E-state index contributed by atoms with van der Waals surface area (Å²) in [6, 6.07) is 0.261. The normalized spacial score (nSPS) is 12.6. The number of hydrogen-bond acceptors (Lipinski definition) is 4. The Bertz CT molecular complexity index is 209. The number of nitrogens with zero attached hydrogens (tertiary/aromatic N) is 1. The third-order valence-corrected chi connectivity index (χ3v) is 2.31. The van der Waals surface area contributed by atoms with Crippen LogP contribution in [-0.2, 0) is 9.53 Å². The Morgan fingerprint density at radius 1 is 1.64 bits per heavy atom. The number of ether oxygens (including phenoxy) is 1. The predicted octanol–water partition coefficient (Wildman–Crippen LogP) is 0.546. The summed E-state index contributed by atoms with van der Waals surface area (Å²) in [6.45, 7) is 2.69. The first-order valence-electron chi connectivity index (χ1n) is 4.52. The van der Waals surface area contributed by atoms with E-state index in [0.717, 1.165) is 0 Å². The molecule has 5 heteroatoms. The van der Waals surface area contributed by atoms with Crippen LogP contribution in [0.1, 0.15) is 19.8 Å². The molecule has 0 aromatic rings. The predicted molar refractivity (Wildman–Crippen MR) is 60.1 cm³/mol. The monoisotopic (exact) mass is 218 g/mol. The molecule has 0 saturated carbocycles. The third kappa shape index (κ3) is 5.88. The molecule has 0 aromatic carbocycles. The molecule has 0 aliphatic heterocycles. The van der Waals surface area contributed by atoms with Crippen LogP contribution in [0, 0.1) is 0 Å². The second-order valence-corrected chi connectivity index (χ2v) is 3.85. The maximum absolute atomic E-state index is 10.9. The van der Waals surface area contributed by atoms with Crippen molar-refractivity contribution >= 4 is 23.2 Å². The zero-order valence-electron chi connectivity index (χ0n) is 8.95. The number of thiocarbonyl (C=S) groups is 1. The molecule has 0 amide bonds. The highest BCUT2D eigenvalue weighted by molar-refractivity contribution is 7.80. The molecule has 4 nitrogen and oxygen atoms in total. The van der Waals surface area contributed by atoms with Crippen LogP contribution in [0.2, 0.25) is 0 Å². The van der Waals surface area contributed by atoms with Crippen LogP contribution in [0.25, 0.3) is 0 Å². The van der Waals surface area contributed by atoms with Crippen molar-refractivity contribution in [2.75, 3.05) is 20.7 Å². The molecule has 1 atom stereocenters. The van der Waals surface area contributed by atoms with Crippen LogP contribution in [0.5, 0.6) is 0 Å². The fourth-order valence-corrected chi connectivity index (χ4v) is 1.28. The van der Waals surface area contributed by atoms with E-state index >= 15 is 0 Å². The first-order valence-corrected chi connectivity index (χ1v) is 4.93. The van der Waals surface area contributed by atoms with Crippen molar-refractivity contribution < 1.29 is 9.53 Å². The van der Waals surface area contributed by atoms with Gasteiger partial charge < -0.3 is 15.4 Å². The van der Waals surface area contributed by atoms with Crippen molar-refractivity contribution in [1.29, 1.82) is 0 Å². The number of esters is 1. The van der Waals surface area contributed by atoms with Crippen LogP contribution >= 0.6 is 12.2 Å². The third-order valence-electron chi connectivity index (χ3n) is 2.15. The summed E-state index contributed by atoms with van der Waals surface area (Å²) >= 11 is 4.81. The molecular formula is C9H18N2O2S. The van der Waals surface area contributed by atoms with E-state index < -0.39 is 0 Å². The summed E-state index contributed by atoms with van der Waals surface area (Å²) < 4.78 is 4.55. The van der Waals surface area contributed by atoms with Gasteiger partial charge in [0.2, 0.25) is 0 Å². The Morgan fingerprint density at radius 2 is 2.21 bits per heavy atom. The van der Waals surface area contributed by atoms with E-state index in [1.165, 1.54) is 7.11 Å². The van der Waals surface area contributed by atoms with Crippen LogP contribution in [0.15, 0.2) is 0 Å². The van der Waals surface area contributed by atoms with Gasteiger partial charge in [0.05, 0.1) is 18.5 Å². The van der Waals surface area contributed by atoms with Gasteiger partial charge in [-0.1, -0.05) is 12.2 Å². The van der Waals surface area contributed by atoms with E-state index in [4.69, 9.17) is 18.0 Å². The standard InChI is InChI=1S/C9H18N2O2S/c1-7(6-8(10)14)11(2)5-4-9(12)13-3/h7H,4-6H2,1-3H3,(H2,10,14). The maximum Gasteiger partial charge on any atom is 0.306 e.